The molecule has 0 aromatic heterocycles. The summed E-state index contributed by atoms with van der Waals surface area (Å²) in [5.74, 6) is 0. The van der Waals surface area contributed by atoms with Crippen LogP contribution in [0.4, 0.5) is 0 Å². The van der Waals surface area contributed by atoms with Gasteiger partial charge in [0, 0.05) is 0 Å². The van der Waals surface area contributed by atoms with E-state index < -0.39 is 0 Å². The summed E-state index contributed by atoms with van der Waals surface area (Å²) in [5.41, 5.74) is 2.72. The lowest BCUT2D eigenvalue weighted by Crippen LogP contribution is -2.08. The molecule has 0 spiro atoms. The van der Waals surface area contributed by atoms with E-state index in [0.29, 0.717) is 0 Å². The molecule has 0 saturated carbocycles. The first-order valence-electron chi connectivity index (χ1n) is 7.46. The van der Waals surface area contributed by atoms with Gasteiger partial charge in [-0.2, -0.15) is 0 Å². The van der Waals surface area contributed by atoms with E-state index >= 15 is 0 Å². The first-order chi connectivity index (χ1) is 8.74. The summed E-state index contributed by atoms with van der Waals surface area (Å²) in [6.07, 6.45) is 9.14. The Morgan fingerprint density at radius 1 is 1.00 bits per heavy atom. The van der Waals surface area contributed by atoms with Crippen LogP contribution >= 0.6 is 0 Å². The first-order valence-corrected chi connectivity index (χ1v) is 7.46. The maximum absolute atomic E-state index is 9.96. The van der Waals surface area contributed by atoms with Gasteiger partial charge in [-0.3, -0.25) is 0 Å². The maximum Gasteiger partial charge on any atom is 0.0543 e. The third kappa shape index (κ3) is 6.20. The van der Waals surface area contributed by atoms with Crippen molar-refractivity contribution in [3.63, 3.8) is 0 Å². The number of hydrogen-bond donors (Lipinski definition) is 1. The SMILES string of the molecule is CCCCCCCC(O)CCc1ccccc1C. The molecular weight excluding hydrogens is 220 g/mol. The number of benzene rings is 1. The molecule has 0 aliphatic heterocycles. The fraction of sp³-hybridized carbons (Fsp3) is 0.647. The summed E-state index contributed by atoms with van der Waals surface area (Å²) in [6.45, 7) is 4.38. The molecule has 0 heterocycles. The van der Waals surface area contributed by atoms with Gasteiger partial charge in [0.25, 0.3) is 0 Å². The standard InChI is InChI=1S/C17H28O/c1-3-4-5-6-7-12-17(18)14-13-16-11-9-8-10-15(16)2/h8-11,17-18H,3-7,12-14H2,1-2H3. The maximum atomic E-state index is 9.96. The molecule has 0 aliphatic rings. The van der Waals surface area contributed by atoms with Gasteiger partial charge in [-0.1, -0.05) is 63.3 Å². The molecule has 0 radical (unpaired) electrons. The highest BCUT2D eigenvalue weighted by Gasteiger charge is 2.05. The molecule has 1 heteroatoms. The second-order valence-corrected chi connectivity index (χ2v) is 5.32. The van der Waals surface area contributed by atoms with Crippen LogP contribution in [0.3, 0.4) is 0 Å². The zero-order valence-electron chi connectivity index (χ0n) is 12.0. The zero-order valence-corrected chi connectivity index (χ0v) is 12.0. The molecule has 0 bridgehead atoms. The molecule has 0 saturated heterocycles. The lowest BCUT2D eigenvalue weighted by atomic mass is 9.99. The van der Waals surface area contributed by atoms with Crippen LogP contribution < -0.4 is 0 Å². The highest BCUT2D eigenvalue weighted by molar-refractivity contribution is 5.25. The highest BCUT2D eigenvalue weighted by Crippen LogP contribution is 2.14. The highest BCUT2D eigenvalue weighted by atomic mass is 16.3. The van der Waals surface area contributed by atoms with Crippen molar-refractivity contribution in [1.82, 2.24) is 0 Å². The number of aliphatic hydroxyl groups is 1. The van der Waals surface area contributed by atoms with Crippen molar-refractivity contribution in [2.24, 2.45) is 0 Å². The lowest BCUT2D eigenvalue weighted by Gasteiger charge is -2.11. The van der Waals surface area contributed by atoms with Gasteiger partial charge in [-0.05, 0) is 37.3 Å². The Hall–Kier alpha value is -0.820. The monoisotopic (exact) mass is 248 g/mol. The quantitative estimate of drug-likeness (QED) is 0.631. The zero-order chi connectivity index (χ0) is 13.2. The topological polar surface area (TPSA) is 20.2 Å². The van der Waals surface area contributed by atoms with E-state index in [2.05, 4.69) is 38.1 Å². The minimum atomic E-state index is -0.119. The lowest BCUT2D eigenvalue weighted by molar-refractivity contribution is 0.151. The molecule has 1 atom stereocenters. The van der Waals surface area contributed by atoms with Gasteiger partial charge in [0.05, 0.1) is 6.10 Å². The van der Waals surface area contributed by atoms with E-state index in [9.17, 15) is 5.11 Å². The van der Waals surface area contributed by atoms with Crippen molar-refractivity contribution >= 4 is 0 Å². The third-order valence-electron chi connectivity index (χ3n) is 3.65. The van der Waals surface area contributed by atoms with E-state index in [-0.39, 0.29) is 6.10 Å². The van der Waals surface area contributed by atoms with E-state index in [1.165, 1.54) is 43.2 Å². The van der Waals surface area contributed by atoms with Gasteiger partial charge >= 0.3 is 0 Å². The van der Waals surface area contributed by atoms with E-state index in [4.69, 9.17) is 0 Å². The molecule has 1 rings (SSSR count). The van der Waals surface area contributed by atoms with Gasteiger partial charge in [0.15, 0.2) is 0 Å². The van der Waals surface area contributed by atoms with E-state index in [1.54, 1.807) is 0 Å². The van der Waals surface area contributed by atoms with Crippen molar-refractivity contribution in [2.45, 2.75) is 71.3 Å². The smallest absolute Gasteiger partial charge is 0.0543 e. The minimum absolute atomic E-state index is 0.119. The second kappa shape index (κ2) is 9.16. The third-order valence-corrected chi connectivity index (χ3v) is 3.65. The molecule has 1 N–H and O–H groups in total. The van der Waals surface area contributed by atoms with Crippen molar-refractivity contribution in [3.8, 4) is 0 Å². The molecule has 0 amide bonds. The molecular formula is C17H28O. The molecule has 1 aromatic carbocycles. The van der Waals surface area contributed by atoms with E-state index in [1.807, 2.05) is 0 Å². The summed E-state index contributed by atoms with van der Waals surface area (Å²) in [5, 5.41) is 9.96. The molecule has 1 aromatic rings. The minimum Gasteiger partial charge on any atom is -0.393 e. The fourth-order valence-electron chi connectivity index (χ4n) is 2.34. The van der Waals surface area contributed by atoms with Gasteiger partial charge in [-0.15, -0.1) is 0 Å². The number of hydrogen-bond acceptors (Lipinski definition) is 1. The number of unbranched alkanes of at least 4 members (excludes halogenated alkanes) is 4. The summed E-state index contributed by atoms with van der Waals surface area (Å²) in [6, 6.07) is 8.47. The van der Waals surface area contributed by atoms with Crippen LogP contribution in [0.1, 0.15) is 63.0 Å². The van der Waals surface area contributed by atoms with Crippen LogP contribution in [-0.2, 0) is 6.42 Å². The van der Waals surface area contributed by atoms with Crippen molar-refractivity contribution in [1.29, 1.82) is 0 Å². The average molecular weight is 248 g/mol. The Bertz CT molecular complexity index is 319. The van der Waals surface area contributed by atoms with Crippen LogP contribution in [-0.4, -0.2) is 11.2 Å². The number of aliphatic hydroxyl groups excluding tert-OH is 1. The molecule has 102 valence electrons. The average Bonchev–Trinajstić information content (AvgIpc) is 2.37. The summed E-state index contributed by atoms with van der Waals surface area (Å²) >= 11 is 0. The molecule has 1 unspecified atom stereocenters. The van der Waals surface area contributed by atoms with Gasteiger partial charge in [0.1, 0.15) is 0 Å². The Balaban J connectivity index is 2.13. The van der Waals surface area contributed by atoms with Gasteiger partial charge in [0.2, 0.25) is 0 Å². The molecule has 0 aliphatic carbocycles. The fourth-order valence-corrected chi connectivity index (χ4v) is 2.34. The molecule has 0 fully saturated rings. The van der Waals surface area contributed by atoms with Gasteiger partial charge < -0.3 is 5.11 Å². The Labute approximate surface area is 112 Å². The number of aryl methyl sites for hydroxylation is 2. The van der Waals surface area contributed by atoms with Crippen LogP contribution in [0.15, 0.2) is 24.3 Å². The van der Waals surface area contributed by atoms with Crippen molar-refractivity contribution < 1.29 is 5.11 Å². The Morgan fingerprint density at radius 3 is 2.44 bits per heavy atom. The predicted octanol–water partition coefficient (Wildman–Crippen LogP) is 4.65. The second-order valence-electron chi connectivity index (χ2n) is 5.32. The number of rotatable bonds is 9. The Kier molecular flexibility index (Phi) is 7.75. The van der Waals surface area contributed by atoms with Crippen molar-refractivity contribution in [3.05, 3.63) is 35.4 Å². The molecule has 18 heavy (non-hydrogen) atoms. The predicted molar refractivity (Wildman–Crippen MR) is 78.9 cm³/mol. The van der Waals surface area contributed by atoms with Crippen LogP contribution in [0, 0.1) is 6.92 Å². The summed E-state index contributed by atoms with van der Waals surface area (Å²) in [4.78, 5) is 0. The summed E-state index contributed by atoms with van der Waals surface area (Å²) < 4.78 is 0. The van der Waals surface area contributed by atoms with Crippen molar-refractivity contribution in [2.75, 3.05) is 0 Å². The summed E-state index contributed by atoms with van der Waals surface area (Å²) in [7, 11) is 0. The normalized spacial score (nSPS) is 12.6. The van der Waals surface area contributed by atoms with Crippen LogP contribution in [0.5, 0.6) is 0 Å². The van der Waals surface area contributed by atoms with Crippen LogP contribution in [0.25, 0.3) is 0 Å². The Morgan fingerprint density at radius 2 is 1.72 bits per heavy atom. The molecule has 1 nitrogen and oxygen atoms in total. The van der Waals surface area contributed by atoms with Crippen LogP contribution in [0.2, 0.25) is 0 Å². The first kappa shape index (κ1) is 15.2. The van der Waals surface area contributed by atoms with Gasteiger partial charge in [-0.25, -0.2) is 0 Å². The largest absolute Gasteiger partial charge is 0.393 e. The van der Waals surface area contributed by atoms with E-state index in [0.717, 1.165) is 19.3 Å².